The number of hydrogen-bond donors (Lipinski definition) is 3. The van der Waals surface area contributed by atoms with Crippen LogP contribution in [0.3, 0.4) is 0 Å². The molecule has 0 rings (SSSR count). The predicted molar refractivity (Wildman–Crippen MR) is 409 cm³/mol. The summed E-state index contributed by atoms with van der Waals surface area (Å²) in [4.78, 5) is 73.1. The number of hydrogen-bond acceptors (Lipinski definition) is 15. The Balaban J connectivity index is 5.26. The molecule has 5 atom stereocenters. The van der Waals surface area contributed by atoms with Crippen LogP contribution in [0, 0.1) is 11.8 Å². The SMILES string of the molecule is CCCCCCCCCCCCCCCCCCCC(=O)OC[C@H](COP(=O)(O)OC[C@@H](O)COP(=O)(O)OC[C@@H](COC(=O)CCCCCCCCCCCCCCC)OC(=O)CCCCCCCCCCCCC(C)C)OC(=O)CCCCCCCCCCCCCCCCC(C)C. The molecule has 0 radical (unpaired) electrons. The molecule has 0 saturated heterocycles. The van der Waals surface area contributed by atoms with E-state index in [0.717, 1.165) is 102 Å². The number of unbranched alkanes of at least 4 members (excludes halogenated alkanes) is 50. The van der Waals surface area contributed by atoms with Crippen LogP contribution in [0.5, 0.6) is 0 Å². The average Bonchev–Trinajstić information content (AvgIpc) is 3.73. The molecule has 0 aromatic rings. The highest BCUT2D eigenvalue weighted by atomic mass is 31.2. The first-order valence-corrected chi connectivity index (χ1v) is 45.0. The molecule has 0 aromatic heterocycles. The third-order valence-corrected chi connectivity index (χ3v) is 20.9. The molecule has 0 saturated carbocycles. The lowest BCUT2D eigenvalue weighted by molar-refractivity contribution is -0.161. The van der Waals surface area contributed by atoms with Gasteiger partial charge in [-0.1, -0.05) is 375 Å². The number of phosphoric ester groups is 2. The Bertz CT molecular complexity index is 1920. The van der Waals surface area contributed by atoms with Crippen LogP contribution in [-0.4, -0.2) is 96.7 Å². The molecular weight excluding hydrogens is 1310 g/mol. The molecular formula is C81H158O17P2. The Hall–Kier alpha value is -1.94. The third-order valence-electron chi connectivity index (χ3n) is 19.0. The summed E-state index contributed by atoms with van der Waals surface area (Å²) in [5, 5.41) is 10.6. The Kier molecular flexibility index (Phi) is 71.2. The Morgan fingerprint density at radius 3 is 0.680 bits per heavy atom. The second kappa shape index (κ2) is 72.6. The molecule has 0 fully saturated rings. The van der Waals surface area contributed by atoms with Gasteiger partial charge in [-0.25, -0.2) is 9.13 Å². The molecule has 0 aliphatic carbocycles. The summed E-state index contributed by atoms with van der Waals surface area (Å²) >= 11 is 0. The maximum absolute atomic E-state index is 13.1. The highest BCUT2D eigenvalue weighted by molar-refractivity contribution is 7.47. The van der Waals surface area contributed by atoms with Crippen LogP contribution in [0.4, 0.5) is 0 Å². The molecule has 0 spiro atoms. The van der Waals surface area contributed by atoms with Gasteiger partial charge in [-0.2, -0.15) is 0 Å². The zero-order valence-electron chi connectivity index (χ0n) is 65.5. The Morgan fingerprint density at radius 2 is 0.460 bits per heavy atom. The fourth-order valence-corrected chi connectivity index (χ4v) is 14.1. The first kappa shape index (κ1) is 98.1. The third kappa shape index (κ3) is 74.3. The van der Waals surface area contributed by atoms with Gasteiger partial charge < -0.3 is 33.8 Å². The van der Waals surface area contributed by atoms with Crippen LogP contribution in [0.2, 0.25) is 0 Å². The summed E-state index contributed by atoms with van der Waals surface area (Å²) in [5.41, 5.74) is 0. The second-order valence-electron chi connectivity index (χ2n) is 30.1. The highest BCUT2D eigenvalue weighted by Crippen LogP contribution is 2.45. The van der Waals surface area contributed by atoms with Crippen molar-refractivity contribution in [2.45, 2.75) is 445 Å². The van der Waals surface area contributed by atoms with Crippen LogP contribution < -0.4 is 0 Å². The Morgan fingerprint density at radius 1 is 0.270 bits per heavy atom. The van der Waals surface area contributed by atoms with Crippen molar-refractivity contribution in [1.29, 1.82) is 0 Å². The van der Waals surface area contributed by atoms with E-state index in [1.54, 1.807) is 0 Å². The number of rotatable bonds is 80. The minimum atomic E-state index is -4.96. The lowest BCUT2D eigenvalue weighted by Gasteiger charge is -2.21. The van der Waals surface area contributed by atoms with Gasteiger partial charge in [0.05, 0.1) is 26.4 Å². The molecule has 0 bridgehead atoms. The zero-order valence-corrected chi connectivity index (χ0v) is 67.3. The van der Waals surface area contributed by atoms with Crippen molar-refractivity contribution in [3.8, 4) is 0 Å². The van der Waals surface area contributed by atoms with E-state index >= 15 is 0 Å². The van der Waals surface area contributed by atoms with Crippen molar-refractivity contribution in [3.63, 3.8) is 0 Å². The van der Waals surface area contributed by atoms with E-state index in [4.69, 9.17) is 37.0 Å². The van der Waals surface area contributed by atoms with E-state index in [1.807, 2.05) is 0 Å². The van der Waals surface area contributed by atoms with Gasteiger partial charge >= 0.3 is 39.5 Å². The lowest BCUT2D eigenvalue weighted by Crippen LogP contribution is -2.30. The van der Waals surface area contributed by atoms with Crippen LogP contribution in [0.25, 0.3) is 0 Å². The van der Waals surface area contributed by atoms with Gasteiger partial charge in [0.1, 0.15) is 19.3 Å². The fourth-order valence-electron chi connectivity index (χ4n) is 12.5. The van der Waals surface area contributed by atoms with Crippen molar-refractivity contribution in [3.05, 3.63) is 0 Å². The molecule has 17 nitrogen and oxygen atoms in total. The van der Waals surface area contributed by atoms with Crippen LogP contribution in [0.1, 0.15) is 427 Å². The maximum atomic E-state index is 13.1. The minimum Gasteiger partial charge on any atom is -0.462 e. The first-order chi connectivity index (χ1) is 48.4. The lowest BCUT2D eigenvalue weighted by atomic mass is 10.0. The molecule has 594 valence electrons. The molecule has 19 heteroatoms. The van der Waals surface area contributed by atoms with E-state index in [0.29, 0.717) is 25.7 Å². The van der Waals surface area contributed by atoms with Crippen molar-refractivity contribution in [1.82, 2.24) is 0 Å². The maximum Gasteiger partial charge on any atom is 0.472 e. The number of carbonyl (C=O) groups excluding carboxylic acids is 4. The molecule has 0 amide bonds. The number of aliphatic hydroxyl groups excluding tert-OH is 1. The van der Waals surface area contributed by atoms with Crippen molar-refractivity contribution in [2.75, 3.05) is 39.6 Å². The van der Waals surface area contributed by atoms with E-state index in [1.165, 1.54) is 244 Å². The summed E-state index contributed by atoms with van der Waals surface area (Å²) < 4.78 is 68.8. The fraction of sp³-hybridized carbons (Fsp3) is 0.951. The number of aliphatic hydroxyl groups is 1. The zero-order chi connectivity index (χ0) is 73.5. The van der Waals surface area contributed by atoms with E-state index in [-0.39, 0.29) is 25.7 Å². The highest BCUT2D eigenvalue weighted by Gasteiger charge is 2.30. The molecule has 100 heavy (non-hydrogen) atoms. The molecule has 0 aromatic carbocycles. The number of esters is 4. The van der Waals surface area contributed by atoms with Gasteiger partial charge in [0.15, 0.2) is 12.2 Å². The summed E-state index contributed by atoms with van der Waals surface area (Å²) in [6.07, 6.45) is 62.3. The summed E-state index contributed by atoms with van der Waals surface area (Å²) in [6, 6.07) is 0. The smallest absolute Gasteiger partial charge is 0.462 e. The molecule has 0 aliphatic heterocycles. The van der Waals surface area contributed by atoms with Gasteiger partial charge in [0, 0.05) is 25.7 Å². The van der Waals surface area contributed by atoms with Crippen LogP contribution >= 0.6 is 15.6 Å². The van der Waals surface area contributed by atoms with Crippen LogP contribution in [-0.2, 0) is 65.4 Å². The van der Waals surface area contributed by atoms with Crippen molar-refractivity contribution in [2.24, 2.45) is 11.8 Å². The Labute approximate surface area is 613 Å². The van der Waals surface area contributed by atoms with Gasteiger partial charge in [-0.05, 0) is 37.5 Å². The quantitative estimate of drug-likeness (QED) is 0.0222. The summed E-state index contributed by atoms with van der Waals surface area (Å²) in [7, 11) is -9.92. The summed E-state index contributed by atoms with van der Waals surface area (Å²) in [5.74, 6) is -0.559. The predicted octanol–water partition coefficient (Wildman–Crippen LogP) is 24.3. The summed E-state index contributed by atoms with van der Waals surface area (Å²) in [6.45, 7) is 9.66. The van der Waals surface area contributed by atoms with Gasteiger partial charge in [0.2, 0.25) is 0 Å². The minimum absolute atomic E-state index is 0.107. The average molecular weight is 1470 g/mol. The largest absolute Gasteiger partial charge is 0.472 e. The topological polar surface area (TPSA) is 237 Å². The van der Waals surface area contributed by atoms with Crippen molar-refractivity contribution >= 4 is 39.5 Å². The second-order valence-corrected chi connectivity index (χ2v) is 33.0. The molecule has 3 N–H and O–H groups in total. The van der Waals surface area contributed by atoms with Crippen molar-refractivity contribution < 1.29 is 80.2 Å². The number of ether oxygens (including phenoxy) is 4. The molecule has 2 unspecified atom stereocenters. The van der Waals surface area contributed by atoms with E-state index < -0.39 is 97.5 Å². The van der Waals surface area contributed by atoms with E-state index in [2.05, 4.69) is 41.5 Å². The van der Waals surface area contributed by atoms with Gasteiger partial charge in [0.25, 0.3) is 0 Å². The first-order valence-electron chi connectivity index (χ1n) is 42.0. The molecule has 0 heterocycles. The standard InChI is InChI=1S/C81H158O17P2/c1-7-9-11-13-15-17-19-21-22-23-24-29-33-40-46-52-58-64-79(84)92-69-76(97-80(85)65-59-53-47-41-34-30-26-25-28-31-37-43-49-55-61-73(3)4)71-95-99(87,88)93-67-75(82)68-94-100(89,90)96-72-77(98-81(86)66-60-54-48-42-36-35-38-44-50-56-62-74(5)6)70-91-78(83)63-57-51-45-39-32-27-20-18-16-14-12-10-8-2/h73-77,82H,7-72H2,1-6H3,(H,87,88)(H,89,90)/t75-,76-,77-/m1/s1. The van der Waals surface area contributed by atoms with Gasteiger partial charge in [-0.3, -0.25) is 37.3 Å². The monoisotopic (exact) mass is 1470 g/mol. The van der Waals surface area contributed by atoms with Gasteiger partial charge in [-0.15, -0.1) is 0 Å². The molecule has 0 aliphatic rings. The van der Waals surface area contributed by atoms with E-state index in [9.17, 15) is 43.2 Å². The van der Waals surface area contributed by atoms with Crippen LogP contribution in [0.15, 0.2) is 0 Å². The number of carbonyl (C=O) groups is 4. The normalized spacial score (nSPS) is 13.9. The number of phosphoric acid groups is 2.